The standard InChI is InChI=1S/C28H35ClFN4O9P.C24H27ClFN4O9P.C3H9ISi.2CH4.2H2S/c1-4-40-44(38,41-5-2)42-18-22(35)14-21(34(3)27(36)31-16-20-12-9-13-23(30)26(20)29)17-39-28(37)32-25-15-24(33-43-25)19-10-7-6-8-11-19;1-30(23(32)27-12-16-8-5-9-19(26)22(16)25)17(10-18(31)14-38-40(34,35)36)13-37-24(33)28-21-11-20(29-39-21)15-6-3-2-4-7-15;1-5(2,3)4;;;;/h6-13,15,21-22,35H,4-5,14,16-18H2,1-3H3,(H,31,36)(H,32,37);2-9,11,17-18,31H,10,12-14H2,1H3,(H,27,32)(H,28,33)(H2,34,35,36);1-3H3;2*1H4;2*1H2/t21-,22+;17-,18+;;;;;/m00...../s1. The summed E-state index contributed by atoms with van der Waals surface area (Å²) < 4.78 is 91.6. The van der Waals surface area contributed by atoms with Gasteiger partial charge < -0.3 is 59.0 Å². The number of carbonyl (C=O) groups is 4. The molecule has 0 spiro atoms. The fourth-order valence-electron chi connectivity index (χ4n) is 7.30. The van der Waals surface area contributed by atoms with E-state index in [1.54, 1.807) is 32.0 Å². The number of rotatable bonds is 28. The number of hydrogen-bond donors (Lipinski definition) is 8. The molecule has 0 aliphatic heterocycles. The van der Waals surface area contributed by atoms with Gasteiger partial charge in [-0.1, -0.05) is 153 Å². The van der Waals surface area contributed by atoms with Gasteiger partial charge in [-0.3, -0.25) is 28.7 Å². The van der Waals surface area contributed by atoms with Crippen molar-refractivity contribution >= 4 is 129 Å². The number of hydrogen-bond acceptors (Lipinski definition) is 18. The number of nitrogens with zero attached hydrogens (tertiary/aromatic N) is 4. The highest BCUT2D eigenvalue weighted by atomic mass is 127. The maximum absolute atomic E-state index is 13.8. The van der Waals surface area contributed by atoms with Gasteiger partial charge in [0.15, 0.2) is 0 Å². The Labute approximate surface area is 577 Å². The Morgan fingerprint density at radius 1 is 0.613 bits per heavy atom. The van der Waals surface area contributed by atoms with Gasteiger partial charge in [0, 0.05) is 50.4 Å². The third-order valence-corrected chi connectivity index (χ3v) is 14.6. The molecule has 8 N–H and O–H groups in total. The summed E-state index contributed by atoms with van der Waals surface area (Å²) >= 11 is 14.4. The number of carbonyl (C=O) groups excluding carboxylic acids is 4. The van der Waals surface area contributed by atoms with Crippen LogP contribution in [0.2, 0.25) is 29.7 Å². The third kappa shape index (κ3) is 33.2. The van der Waals surface area contributed by atoms with Crippen molar-refractivity contribution in [3.05, 3.63) is 142 Å². The summed E-state index contributed by atoms with van der Waals surface area (Å²) in [6.45, 7) is 8.00. The number of halogens is 5. The molecule has 6 amide bonds. The molecule has 36 heteroatoms. The van der Waals surface area contributed by atoms with Crippen molar-refractivity contribution in [2.75, 3.05) is 64.4 Å². The minimum absolute atomic E-state index is 0. The van der Waals surface area contributed by atoms with Crippen LogP contribution < -0.4 is 21.3 Å². The van der Waals surface area contributed by atoms with Crippen LogP contribution in [0.5, 0.6) is 0 Å². The molecule has 0 saturated carbocycles. The molecule has 0 fully saturated rings. The van der Waals surface area contributed by atoms with E-state index in [0.717, 1.165) is 16.0 Å². The van der Waals surface area contributed by atoms with E-state index in [1.165, 1.54) is 61.5 Å². The highest BCUT2D eigenvalue weighted by Gasteiger charge is 2.31. The average Bonchev–Trinajstić information content (AvgIpc) is 2.18. The lowest BCUT2D eigenvalue weighted by molar-refractivity contribution is 0.0353. The molecule has 6 aromatic rings. The number of likely N-dealkylation sites (N-methyl/N-ethyl adjacent to an activating group) is 2. The van der Waals surface area contributed by atoms with Crippen LogP contribution >= 0.6 is 87.6 Å². The van der Waals surface area contributed by atoms with Gasteiger partial charge in [0.1, 0.15) is 41.8 Å². The summed E-state index contributed by atoms with van der Waals surface area (Å²) in [6.07, 6.45) is -5.05. The maximum Gasteiger partial charge on any atom is 0.474 e. The Hall–Kier alpha value is -5.39. The first-order chi connectivity index (χ1) is 42.0. The quantitative estimate of drug-likeness (QED) is 0.00979. The number of urea groups is 2. The zero-order valence-corrected chi connectivity index (χ0v) is 58.8. The Morgan fingerprint density at radius 3 is 1.31 bits per heavy atom. The van der Waals surface area contributed by atoms with Crippen LogP contribution in [-0.4, -0.2) is 148 Å². The van der Waals surface area contributed by atoms with Crippen LogP contribution in [0.3, 0.4) is 0 Å². The van der Waals surface area contributed by atoms with E-state index in [2.05, 4.69) is 77.5 Å². The van der Waals surface area contributed by atoms with E-state index in [0.29, 0.717) is 22.5 Å². The van der Waals surface area contributed by atoms with Crippen molar-refractivity contribution < 1.29 is 93.7 Å². The van der Waals surface area contributed by atoms with Gasteiger partial charge >= 0.3 is 39.9 Å². The highest BCUT2D eigenvalue weighted by molar-refractivity contribution is 14.1. The number of nitrogens with one attached hydrogen (secondary N) is 4. The minimum Gasteiger partial charge on any atom is -0.447 e. The van der Waals surface area contributed by atoms with Gasteiger partial charge in [-0.15, -0.1) is 21.8 Å². The van der Waals surface area contributed by atoms with Gasteiger partial charge in [-0.2, -0.15) is 27.0 Å². The van der Waals surface area contributed by atoms with Crippen LogP contribution in [0.15, 0.2) is 118 Å². The summed E-state index contributed by atoms with van der Waals surface area (Å²) in [7, 11) is -6.02. The number of benzene rings is 4. The largest absolute Gasteiger partial charge is 0.474 e. The van der Waals surface area contributed by atoms with E-state index < -0.39 is 101 Å². The normalized spacial score (nSPS) is 12.2. The fraction of sp³-hybridized carbons (Fsp3) is 0.404. The maximum atomic E-state index is 13.8. The molecule has 0 aliphatic carbocycles. The second kappa shape index (κ2) is 43.6. The van der Waals surface area contributed by atoms with E-state index in [-0.39, 0.29) is 109 Å². The Kier molecular flexibility index (Phi) is 41.1. The molecule has 4 atom stereocenters. The first-order valence-corrected chi connectivity index (χ1v) is 37.4. The number of anilines is 2. The second-order valence-corrected chi connectivity index (χ2v) is 37.3. The molecular formula is C57H83Cl2F2IN8O18P2S2Si. The van der Waals surface area contributed by atoms with Gasteiger partial charge in [0.25, 0.3) is 0 Å². The second-order valence-electron chi connectivity index (χ2n) is 19.8. The lowest BCUT2D eigenvalue weighted by atomic mass is 10.1. The lowest BCUT2D eigenvalue weighted by Gasteiger charge is -2.30. The monoisotopic (exact) mass is 1560 g/mol. The summed E-state index contributed by atoms with van der Waals surface area (Å²) in [4.78, 5) is 70.8. The van der Waals surface area contributed by atoms with E-state index in [4.69, 9.17) is 65.1 Å². The topological polar surface area (TPSA) is 345 Å². The first-order valence-electron chi connectivity index (χ1n) is 27.1. The van der Waals surface area contributed by atoms with Crippen LogP contribution in [0.25, 0.3) is 22.5 Å². The number of ether oxygens (including phenoxy) is 2. The van der Waals surface area contributed by atoms with Gasteiger partial charge in [0.2, 0.25) is 11.8 Å². The molecule has 6 rings (SSSR count). The number of aliphatic hydroxyl groups is 2. The van der Waals surface area contributed by atoms with E-state index in [1.807, 2.05) is 48.5 Å². The molecule has 0 radical (unpaired) electrons. The number of aliphatic hydroxyl groups excluding tert-OH is 2. The van der Waals surface area contributed by atoms with Crippen LogP contribution in [-0.2, 0) is 49.8 Å². The highest BCUT2D eigenvalue weighted by Crippen LogP contribution is 2.49. The van der Waals surface area contributed by atoms with Crippen molar-refractivity contribution in [2.24, 2.45) is 0 Å². The number of phosphoric ester groups is 2. The minimum atomic E-state index is -4.86. The summed E-state index contributed by atoms with van der Waals surface area (Å²) in [5.41, 5.74) is 2.51. The molecule has 0 saturated heterocycles. The molecule has 520 valence electrons. The van der Waals surface area contributed by atoms with Gasteiger partial charge in [-0.25, -0.2) is 37.1 Å². The predicted octanol–water partition coefficient (Wildman–Crippen LogP) is 13.3. The van der Waals surface area contributed by atoms with Crippen LogP contribution in [0.4, 0.5) is 39.7 Å². The SMILES string of the molecule is C.C.CCOP(=O)(OCC)OC[C@H](O)C[C@@H](COC(=O)Nc1cc(-c2ccccc2)no1)N(C)C(=O)NCc1cccc(F)c1Cl.CN(C(=O)NCc1cccc(F)c1Cl)[C@H](COC(=O)Nc1cc(-c2ccccc2)no1)C[C@@H](O)COP(=O)(O)O.C[Si](C)(C)I.S.S. The zero-order chi connectivity index (χ0) is 65.9. The zero-order valence-electron chi connectivity index (χ0n) is 50.4. The summed E-state index contributed by atoms with van der Waals surface area (Å²) in [6, 6.07) is 26.3. The Bertz CT molecular complexity index is 3290. The van der Waals surface area contributed by atoms with Crippen molar-refractivity contribution in [2.45, 2.75) is 98.6 Å². The van der Waals surface area contributed by atoms with Crippen molar-refractivity contribution in [3.63, 3.8) is 0 Å². The number of amides is 6. The fourth-order valence-corrected chi connectivity index (χ4v) is 9.26. The first kappa shape index (κ1) is 87.6. The predicted molar refractivity (Wildman–Crippen MR) is 372 cm³/mol. The molecule has 0 unspecified atom stereocenters. The molecule has 93 heavy (non-hydrogen) atoms. The molecule has 2 heterocycles. The molecular weight excluding hydrogens is 1470 g/mol. The summed E-state index contributed by atoms with van der Waals surface area (Å²) in [5.74, 6) is -1.27. The van der Waals surface area contributed by atoms with Gasteiger partial charge in [-0.05, 0) is 49.9 Å². The molecule has 0 bridgehead atoms. The van der Waals surface area contributed by atoms with Crippen LogP contribution in [0.1, 0.15) is 52.7 Å². The number of phosphoric acid groups is 2. The van der Waals surface area contributed by atoms with Gasteiger partial charge in [0.05, 0.1) is 60.8 Å². The average molecular weight is 1560 g/mol. The molecule has 2 aromatic heterocycles. The smallest absolute Gasteiger partial charge is 0.447 e. The van der Waals surface area contributed by atoms with Crippen LogP contribution in [0, 0.1) is 11.6 Å². The lowest BCUT2D eigenvalue weighted by Crippen LogP contribution is -2.47. The van der Waals surface area contributed by atoms with Crippen molar-refractivity contribution in [1.82, 2.24) is 30.7 Å². The Morgan fingerprint density at radius 2 is 0.968 bits per heavy atom. The van der Waals surface area contributed by atoms with Crippen molar-refractivity contribution in [3.8, 4) is 22.5 Å². The molecule has 26 nitrogen and oxygen atoms in total. The molecule has 4 aromatic carbocycles. The van der Waals surface area contributed by atoms with Crippen molar-refractivity contribution in [1.29, 1.82) is 0 Å². The Balaban J connectivity index is 0.00000163. The van der Waals surface area contributed by atoms with E-state index >= 15 is 0 Å². The number of aromatic nitrogens is 2. The third-order valence-electron chi connectivity index (χ3n) is 11.6. The van der Waals surface area contributed by atoms with E-state index in [9.17, 15) is 47.3 Å². The molecule has 0 aliphatic rings. The summed E-state index contributed by atoms with van der Waals surface area (Å²) in [5, 5.41) is 38.4.